The molecule has 0 aromatic heterocycles. The summed E-state index contributed by atoms with van der Waals surface area (Å²) in [4.78, 5) is 10.5. The molecule has 0 radical (unpaired) electrons. The minimum atomic E-state index is -0.740. The quantitative estimate of drug-likeness (QED) is 0.832. The Morgan fingerprint density at radius 3 is 3.21 bits per heavy atom. The van der Waals surface area contributed by atoms with Crippen molar-refractivity contribution in [3.8, 4) is 5.75 Å². The van der Waals surface area contributed by atoms with Gasteiger partial charge in [0.1, 0.15) is 12.4 Å². The molecule has 1 aromatic rings. The first-order valence-corrected chi connectivity index (χ1v) is 7.04. The maximum Gasteiger partial charge on any atom is 0.404 e. The van der Waals surface area contributed by atoms with Gasteiger partial charge < -0.3 is 20.5 Å². The van der Waals surface area contributed by atoms with E-state index in [0.717, 1.165) is 35.2 Å². The van der Waals surface area contributed by atoms with Crippen molar-refractivity contribution >= 4 is 22.0 Å². The summed E-state index contributed by atoms with van der Waals surface area (Å²) < 4.78 is 11.4. The Bertz CT molecular complexity index is 454. The number of hydrogen-bond acceptors (Lipinski definition) is 4. The van der Waals surface area contributed by atoms with Crippen LogP contribution in [0.4, 0.5) is 4.79 Å². The van der Waals surface area contributed by atoms with Crippen LogP contribution in [-0.4, -0.2) is 25.9 Å². The predicted octanol–water partition coefficient (Wildman–Crippen LogP) is 2.35. The summed E-state index contributed by atoms with van der Waals surface area (Å²) in [6.45, 7) is 1.57. The van der Waals surface area contributed by atoms with E-state index in [-0.39, 0.29) is 12.6 Å². The molecular weight excluding hydrogens is 312 g/mol. The fourth-order valence-corrected chi connectivity index (χ4v) is 2.48. The molecule has 5 nitrogen and oxygen atoms in total. The van der Waals surface area contributed by atoms with Crippen molar-refractivity contribution in [2.45, 2.75) is 18.9 Å². The Labute approximate surface area is 120 Å². The third-order valence-corrected chi connectivity index (χ3v) is 3.48. The van der Waals surface area contributed by atoms with Gasteiger partial charge in [0.15, 0.2) is 0 Å². The summed E-state index contributed by atoms with van der Waals surface area (Å²) in [5.74, 6) is 0.903. The van der Waals surface area contributed by atoms with Crippen molar-refractivity contribution in [2.24, 2.45) is 5.73 Å². The van der Waals surface area contributed by atoms with E-state index in [1.54, 1.807) is 0 Å². The monoisotopic (exact) mass is 328 g/mol. The van der Waals surface area contributed by atoms with Crippen molar-refractivity contribution in [2.75, 3.05) is 19.8 Å². The molecule has 104 valence electrons. The minimum Gasteiger partial charge on any atom is -0.493 e. The predicted molar refractivity (Wildman–Crippen MR) is 75.2 cm³/mol. The number of amides is 1. The number of fused-ring (bicyclic) bond motifs is 1. The Balaban J connectivity index is 1.99. The molecule has 1 atom stereocenters. The number of primary amides is 1. The standard InChI is InChI=1S/C13H17BrN2O3/c14-9-3-4-10-11(16-5-7-19-13(15)17)2-1-6-18-12(10)8-9/h3-4,8,11,16H,1-2,5-7H2,(H2,15,17). The zero-order valence-electron chi connectivity index (χ0n) is 10.5. The highest BCUT2D eigenvalue weighted by atomic mass is 79.9. The number of carbonyl (C=O) groups is 1. The van der Waals surface area contributed by atoms with E-state index in [0.29, 0.717) is 6.54 Å². The lowest BCUT2D eigenvalue weighted by atomic mass is 10.0. The van der Waals surface area contributed by atoms with Gasteiger partial charge in [-0.15, -0.1) is 0 Å². The molecule has 6 heteroatoms. The fourth-order valence-electron chi connectivity index (χ4n) is 2.14. The Morgan fingerprint density at radius 1 is 1.58 bits per heavy atom. The third kappa shape index (κ3) is 4.11. The SMILES string of the molecule is NC(=O)OCCNC1CCCOc2cc(Br)ccc21. The van der Waals surface area contributed by atoms with E-state index in [1.165, 1.54) is 0 Å². The molecule has 1 aromatic carbocycles. The molecular formula is C13H17BrN2O3. The van der Waals surface area contributed by atoms with E-state index in [4.69, 9.17) is 15.2 Å². The van der Waals surface area contributed by atoms with E-state index in [1.807, 2.05) is 12.1 Å². The van der Waals surface area contributed by atoms with Crippen LogP contribution in [0.3, 0.4) is 0 Å². The Hall–Kier alpha value is -1.27. The Kier molecular flexibility index (Phi) is 5.04. The summed E-state index contributed by atoms with van der Waals surface area (Å²) in [7, 11) is 0. The number of benzene rings is 1. The van der Waals surface area contributed by atoms with Crippen LogP contribution >= 0.6 is 15.9 Å². The van der Waals surface area contributed by atoms with Gasteiger partial charge in [-0.2, -0.15) is 0 Å². The molecule has 0 saturated heterocycles. The van der Waals surface area contributed by atoms with Crippen LogP contribution in [0, 0.1) is 0 Å². The zero-order chi connectivity index (χ0) is 13.7. The molecule has 1 aliphatic heterocycles. The smallest absolute Gasteiger partial charge is 0.404 e. The second-order valence-corrected chi connectivity index (χ2v) is 5.26. The van der Waals surface area contributed by atoms with Crippen LogP contribution in [0.15, 0.2) is 22.7 Å². The van der Waals surface area contributed by atoms with Gasteiger partial charge in [-0.05, 0) is 25.0 Å². The summed E-state index contributed by atoms with van der Waals surface area (Å²) in [6.07, 6.45) is 1.24. The highest BCUT2D eigenvalue weighted by Gasteiger charge is 2.19. The summed E-state index contributed by atoms with van der Waals surface area (Å²) in [6, 6.07) is 6.25. The van der Waals surface area contributed by atoms with Gasteiger partial charge in [0.2, 0.25) is 0 Å². The molecule has 1 unspecified atom stereocenters. The summed E-state index contributed by atoms with van der Waals surface area (Å²) in [5.41, 5.74) is 6.05. The van der Waals surface area contributed by atoms with Crippen LogP contribution in [0.5, 0.6) is 5.75 Å². The highest BCUT2D eigenvalue weighted by Crippen LogP contribution is 2.33. The Morgan fingerprint density at radius 2 is 2.42 bits per heavy atom. The number of nitrogens with two attached hydrogens (primary N) is 1. The van der Waals surface area contributed by atoms with Crippen molar-refractivity contribution in [1.82, 2.24) is 5.32 Å². The minimum absolute atomic E-state index is 0.210. The molecule has 2 rings (SSSR count). The number of halogens is 1. The molecule has 0 saturated carbocycles. The van der Waals surface area contributed by atoms with Crippen LogP contribution in [0.1, 0.15) is 24.4 Å². The first-order valence-electron chi connectivity index (χ1n) is 6.24. The molecule has 1 heterocycles. The van der Waals surface area contributed by atoms with Crippen LogP contribution in [0.2, 0.25) is 0 Å². The van der Waals surface area contributed by atoms with Crippen molar-refractivity contribution < 1.29 is 14.3 Å². The molecule has 0 bridgehead atoms. The first kappa shape index (κ1) is 14.1. The lowest BCUT2D eigenvalue weighted by molar-refractivity contribution is 0.156. The van der Waals surface area contributed by atoms with Gasteiger partial charge in [0.25, 0.3) is 0 Å². The largest absolute Gasteiger partial charge is 0.493 e. The normalized spacial score (nSPS) is 18.1. The van der Waals surface area contributed by atoms with Gasteiger partial charge in [0, 0.05) is 22.6 Å². The molecule has 0 spiro atoms. The second kappa shape index (κ2) is 6.77. The topological polar surface area (TPSA) is 73.6 Å². The molecule has 0 aliphatic carbocycles. The van der Waals surface area contributed by atoms with E-state index in [9.17, 15) is 4.79 Å². The third-order valence-electron chi connectivity index (χ3n) is 2.98. The maximum absolute atomic E-state index is 10.5. The highest BCUT2D eigenvalue weighted by molar-refractivity contribution is 9.10. The van der Waals surface area contributed by atoms with E-state index >= 15 is 0 Å². The van der Waals surface area contributed by atoms with Gasteiger partial charge in [-0.25, -0.2) is 4.79 Å². The van der Waals surface area contributed by atoms with Gasteiger partial charge >= 0.3 is 6.09 Å². The van der Waals surface area contributed by atoms with Gasteiger partial charge in [-0.3, -0.25) is 0 Å². The zero-order valence-corrected chi connectivity index (χ0v) is 12.1. The van der Waals surface area contributed by atoms with Gasteiger partial charge in [0.05, 0.1) is 6.61 Å². The number of nitrogens with one attached hydrogen (secondary N) is 1. The number of hydrogen-bond donors (Lipinski definition) is 2. The van der Waals surface area contributed by atoms with Crippen LogP contribution in [0.25, 0.3) is 0 Å². The second-order valence-electron chi connectivity index (χ2n) is 4.35. The van der Waals surface area contributed by atoms with E-state index in [2.05, 4.69) is 27.3 Å². The molecule has 1 amide bonds. The summed E-state index contributed by atoms with van der Waals surface area (Å²) >= 11 is 3.44. The van der Waals surface area contributed by atoms with Crippen LogP contribution in [-0.2, 0) is 4.74 Å². The van der Waals surface area contributed by atoms with Gasteiger partial charge in [-0.1, -0.05) is 22.0 Å². The molecule has 19 heavy (non-hydrogen) atoms. The molecule has 1 aliphatic rings. The van der Waals surface area contributed by atoms with Crippen molar-refractivity contribution in [1.29, 1.82) is 0 Å². The lowest BCUT2D eigenvalue weighted by Crippen LogP contribution is -2.27. The first-order chi connectivity index (χ1) is 9.16. The number of rotatable bonds is 4. The average molecular weight is 329 g/mol. The number of ether oxygens (including phenoxy) is 2. The van der Waals surface area contributed by atoms with E-state index < -0.39 is 6.09 Å². The fraction of sp³-hybridized carbons (Fsp3) is 0.462. The lowest BCUT2D eigenvalue weighted by Gasteiger charge is -2.18. The molecule has 3 N–H and O–H groups in total. The van der Waals surface area contributed by atoms with Crippen molar-refractivity contribution in [3.05, 3.63) is 28.2 Å². The summed E-state index contributed by atoms with van der Waals surface area (Å²) in [5, 5.41) is 3.36. The average Bonchev–Trinajstić information content (AvgIpc) is 2.56. The molecule has 0 fully saturated rings. The van der Waals surface area contributed by atoms with Crippen molar-refractivity contribution in [3.63, 3.8) is 0 Å². The number of carbonyl (C=O) groups excluding carboxylic acids is 1. The van der Waals surface area contributed by atoms with Crippen LogP contribution < -0.4 is 15.8 Å². The maximum atomic E-state index is 10.5.